The maximum atomic E-state index is 10.9. The smallest absolute Gasteiger partial charge is 0.0676 e. The van der Waals surface area contributed by atoms with Gasteiger partial charge in [-0.05, 0) is 43.1 Å². The van der Waals surface area contributed by atoms with E-state index in [4.69, 9.17) is 0 Å². The van der Waals surface area contributed by atoms with Gasteiger partial charge in [-0.15, -0.1) is 0 Å². The van der Waals surface area contributed by atoms with Crippen molar-refractivity contribution >= 4 is 0 Å². The van der Waals surface area contributed by atoms with E-state index >= 15 is 0 Å². The first kappa shape index (κ1) is 13.6. The Kier molecular flexibility index (Phi) is 4.45. The predicted octanol–water partition coefficient (Wildman–Crippen LogP) is 4.51. The second kappa shape index (κ2) is 5.88. The molecule has 2 rings (SSSR count). The van der Waals surface area contributed by atoms with Gasteiger partial charge in [0.25, 0.3) is 0 Å². The van der Waals surface area contributed by atoms with Crippen LogP contribution in [0.25, 0.3) is 0 Å². The van der Waals surface area contributed by atoms with E-state index in [1.165, 1.54) is 31.2 Å². The van der Waals surface area contributed by atoms with Crippen LogP contribution < -0.4 is 0 Å². The average Bonchev–Trinajstić information content (AvgIpc) is 2.41. The lowest BCUT2D eigenvalue weighted by molar-refractivity contribution is -0.0377. The van der Waals surface area contributed by atoms with E-state index in [1.807, 2.05) is 0 Å². The molecule has 1 aliphatic rings. The zero-order valence-corrected chi connectivity index (χ0v) is 11.7. The van der Waals surface area contributed by atoms with Crippen LogP contribution >= 0.6 is 0 Å². The van der Waals surface area contributed by atoms with Crippen LogP contribution in [0.5, 0.6) is 0 Å². The lowest BCUT2D eigenvalue weighted by Gasteiger charge is -2.38. The second-order valence-electron chi connectivity index (χ2n) is 5.95. The van der Waals surface area contributed by atoms with Crippen LogP contribution in [0.3, 0.4) is 0 Å². The van der Waals surface area contributed by atoms with Gasteiger partial charge in [0.15, 0.2) is 0 Å². The van der Waals surface area contributed by atoms with Gasteiger partial charge in [-0.25, -0.2) is 0 Å². The van der Waals surface area contributed by atoms with E-state index in [1.54, 1.807) is 0 Å². The summed E-state index contributed by atoms with van der Waals surface area (Å²) in [6, 6.07) is 10.7. The minimum atomic E-state index is -0.471. The van der Waals surface area contributed by atoms with Crippen molar-refractivity contribution in [1.82, 2.24) is 0 Å². The van der Waals surface area contributed by atoms with Crippen molar-refractivity contribution in [2.75, 3.05) is 0 Å². The molecule has 1 saturated carbocycles. The molecule has 0 radical (unpaired) electrons. The van der Waals surface area contributed by atoms with E-state index in [2.05, 4.69) is 44.2 Å². The number of benzene rings is 1. The van der Waals surface area contributed by atoms with Gasteiger partial charge in [-0.2, -0.15) is 0 Å². The molecular formula is C17H26O. The third-order valence-corrected chi connectivity index (χ3v) is 4.84. The minimum Gasteiger partial charge on any atom is -0.390 e. The molecule has 1 heteroatoms. The summed E-state index contributed by atoms with van der Waals surface area (Å²) in [5, 5.41) is 10.9. The van der Waals surface area contributed by atoms with Gasteiger partial charge in [0.1, 0.15) is 0 Å². The van der Waals surface area contributed by atoms with Gasteiger partial charge in [0.2, 0.25) is 0 Å². The quantitative estimate of drug-likeness (QED) is 0.814. The van der Waals surface area contributed by atoms with Crippen molar-refractivity contribution < 1.29 is 5.11 Å². The summed E-state index contributed by atoms with van der Waals surface area (Å²) in [5.41, 5.74) is 0.930. The summed E-state index contributed by atoms with van der Waals surface area (Å²) in [6.07, 6.45) is 6.74. The Morgan fingerprint density at radius 3 is 2.50 bits per heavy atom. The summed E-state index contributed by atoms with van der Waals surface area (Å²) >= 11 is 0. The second-order valence-corrected chi connectivity index (χ2v) is 5.95. The maximum absolute atomic E-state index is 10.9. The predicted molar refractivity (Wildman–Crippen MR) is 76.7 cm³/mol. The van der Waals surface area contributed by atoms with Crippen molar-refractivity contribution in [3.8, 4) is 0 Å². The van der Waals surface area contributed by atoms with Gasteiger partial charge >= 0.3 is 0 Å². The monoisotopic (exact) mass is 246 g/mol. The molecule has 0 saturated heterocycles. The molecule has 1 aromatic rings. The highest BCUT2D eigenvalue weighted by Gasteiger charge is 2.35. The molecule has 100 valence electrons. The Hall–Kier alpha value is -0.820. The maximum Gasteiger partial charge on any atom is 0.0676 e. The topological polar surface area (TPSA) is 20.2 Å². The number of rotatable bonds is 2. The first-order valence-corrected chi connectivity index (χ1v) is 7.43. The molecule has 0 aliphatic heterocycles. The molecular weight excluding hydrogens is 220 g/mol. The summed E-state index contributed by atoms with van der Waals surface area (Å²) in [7, 11) is 0. The first-order chi connectivity index (χ1) is 8.65. The molecule has 1 N–H and O–H groups in total. The number of aliphatic hydroxyl groups is 1. The molecule has 0 heterocycles. The Balaban J connectivity index is 2.20. The van der Waals surface area contributed by atoms with Gasteiger partial charge < -0.3 is 5.11 Å². The van der Waals surface area contributed by atoms with Crippen molar-refractivity contribution in [3.63, 3.8) is 0 Å². The molecule has 0 amide bonds. The van der Waals surface area contributed by atoms with Crippen LogP contribution in [-0.4, -0.2) is 10.7 Å². The third kappa shape index (κ3) is 2.95. The van der Waals surface area contributed by atoms with E-state index in [0.717, 1.165) is 12.8 Å². The summed E-state index contributed by atoms with van der Waals surface area (Å²) < 4.78 is 0. The van der Waals surface area contributed by atoms with Crippen LogP contribution in [-0.2, 0) is 0 Å². The SMILES string of the molecule is CC[C@@]1(O)C[C@@H](c2ccccc2)CCCCC1C. The minimum absolute atomic E-state index is 0.425. The van der Waals surface area contributed by atoms with E-state index in [-0.39, 0.29) is 0 Å². The lowest BCUT2D eigenvalue weighted by atomic mass is 9.72. The van der Waals surface area contributed by atoms with Gasteiger partial charge in [0, 0.05) is 0 Å². The number of hydrogen-bond donors (Lipinski definition) is 1. The third-order valence-electron chi connectivity index (χ3n) is 4.84. The van der Waals surface area contributed by atoms with Crippen molar-refractivity contribution in [3.05, 3.63) is 35.9 Å². The molecule has 1 aliphatic carbocycles. The highest BCUT2D eigenvalue weighted by atomic mass is 16.3. The van der Waals surface area contributed by atoms with Crippen LogP contribution in [0, 0.1) is 5.92 Å². The van der Waals surface area contributed by atoms with Crippen LogP contribution in [0.2, 0.25) is 0 Å². The van der Waals surface area contributed by atoms with Crippen LogP contribution in [0.15, 0.2) is 30.3 Å². The average molecular weight is 246 g/mol. The van der Waals surface area contributed by atoms with E-state index in [9.17, 15) is 5.11 Å². The molecule has 0 bridgehead atoms. The highest BCUT2D eigenvalue weighted by Crippen LogP contribution is 2.40. The lowest BCUT2D eigenvalue weighted by Crippen LogP contribution is -2.38. The zero-order chi connectivity index (χ0) is 13.0. The van der Waals surface area contributed by atoms with E-state index in [0.29, 0.717) is 11.8 Å². The highest BCUT2D eigenvalue weighted by molar-refractivity contribution is 5.20. The number of hydrogen-bond acceptors (Lipinski definition) is 1. The fraction of sp³-hybridized carbons (Fsp3) is 0.647. The fourth-order valence-corrected chi connectivity index (χ4v) is 3.34. The van der Waals surface area contributed by atoms with Gasteiger partial charge in [-0.3, -0.25) is 0 Å². The van der Waals surface area contributed by atoms with E-state index < -0.39 is 5.60 Å². The fourth-order valence-electron chi connectivity index (χ4n) is 3.34. The summed E-state index contributed by atoms with van der Waals surface area (Å²) in [4.78, 5) is 0. The van der Waals surface area contributed by atoms with Crippen molar-refractivity contribution in [2.45, 2.75) is 63.9 Å². The molecule has 18 heavy (non-hydrogen) atoms. The normalized spacial score (nSPS) is 33.7. The molecule has 1 fully saturated rings. The van der Waals surface area contributed by atoms with Crippen LogP contribution in [0.4, 0.5) is 0 Å². The van der Waals surface area contributed by atoms with Crippen molar-refractivity contribution in [2.24, 2.45) is 5.92 Å². The molecule has 0 spiro atoms. The van der Waals surface area contributed by atoms with Gasteiger partial charge in [-0.1, -0.05) is 57.0 Å². The van der Waals surface area contributed by atoms with Crippen molar-refractivity contribution in [1.29, 1.82) is 0 Å². The largest absolute Gasteiger partial charge is 0.390 e. The Labute approximate surface area is 111 Å². The molecule has 1 aromatic carbocycles. The molecule has 1 nitrogen and oxygen atoms in total. The Morgan fingerprint density at radius 2 is 1.83 bits per heavy atom. The first-order valence-electron chi connectivity index (χ1n) is 7.43. The molecule has 3 atom stereocenters. The molecule has 1 unspecified atom stereocenters. The van der Waals surface area contributed by atoms with Gasteiger partial charge in [0.05, 0.1) is 5.60 Å². The Bertz CT molecular complexity index is 359. The molecule has 0 aromatic heterocycles. The summed E-state index contributed by atoms with van der Waals surface area (Å²) in [5.74, 6) is 0.952. The summed E-state index contributed by atoms with van der Waals surface area (Å²) in [6.45, 7) is 4.34. The van der Waals surface area contributed by atoms with Crippen LogP contribution in [0.1, 0.15) is 63.9 Å². The zero-order valence-electron chi connectivity index (χ0n) is 11.7. The Morgan fingerprint density at radius 1 is 1.17 bits per heavy atom. The standard InChI is InChI=1S/C17H26O/c1-3-17(18)13-16(12-8-7-9-14(17)2)15-10-5-4-6-11-15/h4-6,10-11,14,16,18H,3,7-9,12-13H2,1-2H3/t14?,16-,17+/m0/s1.